The molecular formula is C24H36N2O. The van der Waals surface area contributed by atoms with E-state index < -0.39 is 0 Å². The van der Waals surface area contributed by atoms with E-state index in [0.717, 1.165) is 29.9 Å². The van der Waals surface area contributed by atoms with Crippen molar-refractivity contribution in [3.05, 3.63) is 23.5 Å². The summed E-state index contributed by atoms with van der Waals surface area (Å²) >= 11 is 0. The molecule has 0 saturated heterocycles. The van der Waals surface area contributed by atoms with Crippen LogP contribution in [0.1, 0.15) is 77.3 Å². The zero-order chi connectivity index (χ0) is 18.8. The van der Waals surface area contributed by atoms with Crippen LogP contribution in [0.3, 0.4) is 0 Å². The maximum absolute atomic E-state index is 11.3. The Kier molecular flexibility index (Phi) is 4.13. The first kappa shape index (κ1) is 18.0. The van der Waals surface area contributed by atoms with Crippen molar-refractivity contribution in [2.75, 3.05) is 0 Å². The molecule has 0 aliphatic heterocycles. The minimum Gasteiger partial charge on any atom is -0.388 e. The minimum absolute atomic E-state index is 0.0729. The molecular weight excluding hydrogens is 332 g/mol. The summed E-state index contributed by atoms with van der Waals surface area (Å²) in [6.07, 6.45) is 16.1. The lowest BCUT2D eigenvalue weighted by molar-refractivity contribution is -0.119. The van der Waals surface area contributed by atoms with Crippen molar-refractivity contribution in [2.45, 2.75) is 77.7 Å². The number of aryl methyl sites for hydroxylation is 1. The van der Waals surface area contributed by atoms with Gasteiger partial charge in [-0.2, -0.15) is 5.10 Å². The third-order valence-electron chi connectivity index (χ3n) is 9.64. The molecule has 27 heavy (non-hydrogen) atoms. The van der Waals surface area contributed by atoms with E-state index in [1.807, 2.05) is 17.9 Å². The number of hydrogen-bond donors (Lipinski definition) is 1. The van der Waals surface area contributed by atoms with Crippen LogP contribution in [0.4, 0.5) is 0 Å². The van der Waals surface area contributed by atoms with Gasteiger partial charge in [0.05, 0.1) is 11.8 Å². The summed E-state index contributed by atoms with van der Waals surface area (Å²) < 4.78 is 1.92. The fourth-order valence-electron chi connectivity index (χ4n) is 8.01. The molecule has 0 aromatic carbocycles. The number of aromatic nitrogens is 2. The number of aliphatic hydroxyl groups excluding tert-OH is 1. The average Bonchev–Trinajstić information content (AvgIpc) is 3.17. The normalized spacial score (nSPS) is 48.1. The van der Waals surface area contributed by atoms with Crippen LogP contribution >= 0.6 is 0 Å². The first-order valence-corrected chi connectivity index (χ1v) is 11.3. The summed E-state index contributed by atoms with van der Waals surface area (Å²) in [5.41, 5.74) is 3.01. The van der Waals surface area contributed by atoms with Crippen molar-refractivity contribution in [3.63, 3.8) is 0 Å². The van der Waals surface area contributed by atoms with Gasteiger partial charge in [-0.3, -0.25) is 4.68 Å². The molecule has 4 fully saturated rings. The molecule has 5 rings (SSSR count). The van der Waals surface area contributed by atoms with Crippen molar-refractivity contribution < 1.29 is 5.11 Å². The lowest BCUT2D eigenvalue weighted by atomic mass is 9.45. The van der Waals surface area contributed by atoms with Gasteiger partial charge in [0.1, 0.15) is 0 Å². The highest BCUT2D eigenvalue weighted by Crippen LogP contribution is 2.66. The van der Waals surface area contributed by atoms with E-state index in [4.69, 9.17) is 0 Å². The standard InChI is InChI=1S/C24H36N2O/c1-23-11-5-4-6-17(23)7-8-19-20(23)9-12-24(2)21(19)15-16(22(24)27)14-18-10-13-25-26(18)3/h10,13-14,17,19-22,27H,4-9,11-12,15H2,1-3H3/b16-14-/t17-,19-,20+,21+,22-,23+,24+/m1/s1. The molecule has 0 unspecified atom stereocenters. The zero-order valence-electron chi connectivity index (χ0n) is 17.3. The second-order valence-corrected chi connectivity index (χ2v) is 10.7. The number of rotatable bonds is 1. The fraction of sp³-hybridized carbons (Fsp3) is 0.792. The monoisotopic (exact) mass is 368 g/mol. The first-order chi connectivity index (χ1) is 12.9. The van der Waals surface area contributed by atoms with E-state index in [1.165, 1.54) is 56.9 Å². The summed E-state index contributed by atoms with van der Waals surface area (Å²) in [4.78, 5) is 0. The van der Waals surface area contributed by atoms with Crippen molar-refractivity contribution in [1.29, 1.82) is 0 Å². The first-order valence-electron chi connectivity index (χ1n) is 11.3. The van der Waals surface area contributed by atoms with Gasteiger partial charge in [0.2, 0.25) is 0 Å². The highest BCUT2D eigenvalue weighted by Gasteiger charge is 2.60. The number of hydrogen-bond acceptors (Lipinski definition) is 2. The molecule has 1 aromatic rings. The van der Waals surface area contributed by atoms with E-state index in [2.05, 4.69) is 31.1 Å². The molecule has 0 bridgehead atoms. The summed E-state index contributed by atoms with van der Waals surface area (Å²) in [6.45, 7) is 5.02. The molecule has 4 aliphatic rings. The number of aliphatic hydroxyl groups is 1. The molecule has 4 aliphatic carbocycles. The van der Waals surface area contributed by atoms with Gasteiger partial charge in [-0.1, -0.05) is 26.7 Å². The van der Waals surface area contributed by atoms with E-state index in [-0.39, 0.29) is 11.5 Å². The van der Waals surface area contributed by atoms with Crippen molar-refractivity contribution in [1.82, 2.24) is 9.78 Å². The molecule has 0 spiro atoms. The van der Waals surface area contributed by atoms with Gasteiger partial charge in [0.25, 0.3) is 0 Å². The van der Waals surface area contributed by atoms with Crippen molar-refractivity contribution in [2.24, 2.45) is 41.5 Å². The lowest BCUT2D eigenvalue weighted by Gasteiger charge is -2.60. The van der Waals surface area contributed by atoms with Crippen LogP contribution < -0.4 is 0 Å². The molecule has 0 radical (unpaired) electrons. The molecule has 1 aromatic heterocycles. The van der Waals surface area contributed by atoms with Gasteiger partial charge in [-0.05, 0) is 91.7 Å². The summed E-state index contributed by atoms with van der Waals surface area (Å²) in [5.74, 6) is 3.33. The van der Waals surface area contributed by atoms with Crippen LogP contribution in [-0.2, 0) is 7.05 Å². The molecule has 0 amide bonds. The molecule has 7 atom stereocenters. The quantitative estimate of drug-likeness (QED) is 0.739. The van der Waals surface area contributed by atoms with Crippen LogP contribution in [0, 0.1) is 34.5 Å². The van der Waals surface area contributed by atoms with Crippen molar-refractivity contribution >= 4 is 6.08 Å². The summed E-state index contributed by atoms with van der Waals surface area (Å²) in [5, 5.41) is 15.6. The second kappa shape index (κ2) is 6.20. The SMILES string of the molecule is Cn1nccc1/C=C1/C[C@H]2[C@@H]3CC[C@H]4CCCC[C@]4(C)[C@H]3CC[C@]2(C)[C@@H]1O. The maximum atomic E-state index is 11.3. The van der Waals surface area contributed by atoms with Gasteiger partial charge in [0, 0.05) is 18.7 Å². The Morgan fingerprint density at radius 3 is 2.70 bits per heavy atom. The Bertz CT molecular complexity index is 751. The van der Waals surface area contributed by atoms with Gasteiger partial charge in [-0.25, -0.2) is 0 Å². The van der Waals surface area contributed by atoms with Crippen LogP contribution in [0.15, 0.2) is 17.8 Å². The second-order valence-electron chi connectivity index (χ2n) is 10.7. The third kappa shape index (κ3) is 2.53. The largest absolute Gasteiger partial charge is 0.388 e. The Balaban J connectivity index is 1.47. The Hall–Kier alpha value is -1.09. The predicted octanol–water partition coefficient (Wildman–Crippen LogP) is 5.21. The van der Waals surface area contributed by atoms with Crippen LogP contribution in [-0.4, -0.2) is 21.0 Å². The highest BCUT2D eigenvalue weighted by molar-refractivity contribution is 5.52. The fourth-order valence-corrected chi connectivity index (χ4v) is 8.01. The zero-order valence-corrected chi connectivity index (χ0v) is 17.3. The van der Waals surface area contributed by atoms with Crippen LogP contribution in [0.25, 0.3) is 6.08 Å². The molecule has 1 heterocycles. The number of fused-ring (bicyclic) bond motifs is 5. The average molecular weight is 369 g/mol. The molecule has 148 valence electrons. The molecule has 1 N–H and O–H groups in total. The smallest absolute Gasteiger partial charge is 0.0810 e. The van der Waals surface area contributed by atoms with E-state index in [0.29, 0.717) is 11.3 Å². The Labute approximate surface area is 164 Å². The van der Waals surface area contributed by atoms with Gasteiger partial charge >= 0.3 is 0 Å². The van der Waals surface area contributed by atoms with E-state index in [9.17, 15) is 5.11 Å². The van der Waals surface area contributed by atoms with Gasteiger partial charge in [-0.15, -0.1) is 0 Å². The summed E-state index contributed by atoms with van der Waals surface area (Å²) in [7, 11) is 1.99. The highest BCUT2D eigenvalue weighted by atomic mass is 16.3. The van der Waals surface area contributed by atoms with Crippen LogP contribution in [0.2, 0.25) is 0 Å². The van der Waals surface area contributed by atoms with Gasteiger partial charge < -0.3 is 5.11 Å². The Morgan fingerprint density at radius 1 is 1.07 bits per heavy atom. The topological polar surface area (TPSA) is 38.0 Å². The summed E-state index contributed by atoms with van der Waals surface area (Å²) in [6, 6.07) is 2.06. The minimum atomic E-state index is -0.282. The molecule has 3 heteroatoms. The maximum Gasteiger partial charge on any atom is 0.0810 e. The van der Waals surface area contributed by atoms with Crippen molar-refractivity contribution in [3.8, 4) is 0 Å². The lowest BCUT2D eigenvalue weighted by Crippen LogP contribution is -2.53. The van der Waals surface area contributed by atoms with Crippen LogP contribution in [0.5, 0.6) is 0 Å². The molecule has 3 nitrogen and oxygen atoms in total. The van der Waals surface area contributed by atoms with Gasteiger partial charge in [0.15, 0.2) is 0 Å². The van der Waals surface area contributed by atoms with E-state index >= 15 is 0 Å². The third-order valence-corrected chi connectivity index (χ3v) is 9.64. The van der Waals surface area contributed by atoms with E-state index in [1.54, 1.807) is 0 Å². The predicted molar refractivity (Wildman–Crippen MR) is 109 cm³/mol. The molecule has 4 saturated carbocycles. The Morgan fingerprint density at radius 2 is 1.93 bits per heavy atom. The number of nitrogens with zero attached hydrogens (tertiary/aromatic N) is 2.